The zero-order valence-corrected chi connectivity index (χ0v) is 16.5. The van der Waals surface area contributed by atoms with Crippen molar-refractivity contribution in [3.63, 3.8) is 0 Å². The number of carbonyl (C=O) groups is 2. The summed E-state index contributed by atoms with van der Waals surface area (Å²) in [5, 5.41) is 3.50. The van der Waals surface area contributed by atoms with Gasteiger partial charge in [0.1, 0.15) is 0 Å². The molecule has 0 radical (unpaired) electrons. The van der Waals surface area contributed by atoms with E-state index in [1.807, 2.05) is 48.5 Å². The summed E-state index contributed by atoms with van der Waals surface area (Å²) in [5.41, 5.74) is 1.97. The Morgan fingerprint density at radius 3 is 1.38 bits per heavy atom. The molecule has 1 aliphatic rings. The van der Waals surface area contributed by atoms with Crippen molar-refractivity contribution < 1.29 is 9.59 Å². The number of benzene rings is 4. The molecule has 0 atom stereocenters. The van der Waals surface area contributed by atoms with Gasteiger partial charge in [-0.3, -0.25) is 9.59 Å². The van der Waals surface area contributed by atoms with E-state index >= 15 is 0 Å². The van der Waals surface area contributed by atoms with Crippen LogP contribution in [-0.2, 0) is 0 Å². The zero-order valence-electron chi connectivity index (χ0n) is 13.3. The Morgan fingerprint density at radius 1 is 0.538 bits per heavy atom. The number of hydrogen-bond donors (Lipinski definition) is 0. The molecule has 4 heteroatoms. The molecule has 0 aromatic heterocycles. The van der Waals surface area contributed by atoms with E-state index in [9.17, 15) is 9.59 Å². The molecule has 1 aliphatic carbocycles. The number of hydrogen-bond acceptors (Lipinski definition) is 2. The summed E-state index contributed by atoms with van der Waals surface area (Å²) in [6.45, 7) is 0. The molecule has 124 valence electrons. The highest BCUT2D eigenvalue weighted by Gasteiger charge is 2.32. The van der Waals surface area contributed by atoms with Crippen LogP contribution in [-0.4, -0.2) is 11.6 Å². The Balaban J connectivity index is 1.87. The van der Waals surface area contributed by atoms with Crippen LogP contribution in [0.15, 0.2) is 69.6 Å². The van der Waals surface area contributed by atoms with Gasteiger partial charge in [-0.25, -0.2) is 0 Å². The summed E-state index contributed by atoms with van der Waals surface area (Å²) >= 11 is 6.92. The minimum atomic E-state index is -0.0904. The number of halogens is 2. The van der Waals surface area contributed by atoms with Gasteiger partial charge >= 0.3 is 0 Å². The van der Waals surface area contributed by atoms with Gasteiger partial charge in [0, 0.05) is 31.2 Å². The van der Waals surface area contributed by atoms with Gasteiger partial charge in [0.2, 0.25) is 0 Å². The molecule has 4 aromatic carbocycles. The van der Waals surface area contributed by atoms with E-state index in [0.717, 1.165) is 30.5 Å². The van der Waals surface area contributed by atoms with Gasteiger partial charge in [0.05, 0.1) is 0 Å². The molecule has 0 aliphatic heterocycles. The first-order valence-corrected chi connectivity index (χ1v) is 9.67. The minimum Gasteiger partial charge on any atom is -0.289 e. The molecular weight excluding hydrogens is 456 g/mol. The van der Waals surface area contributed by atoms with Crippen molar-refractivity contribution in [2.45, 2.75) is 0 Å². The second-order valence-corrected chi connectivity index (χ2v) is 8.20. The first-order valence-electron chi connectivity index (χ1n) is 8.08. The summed E-state index contributed by atoms with van der Waals surface area (Å²) in [6.07, 6.45) is 0. The topological polar surface area (TPSA) is 34.1 Å². The highest BCUT2D eigenvalue weighted by atomic mass is 79.9. The van der Waals surface area contributed by atoms with E-state index in [1.165, 1.54) is 0 Å². The predicted molar refractivity (Wildman–Crippen MR) is 110 cm³/mol. The van der Waals surface area contributed by atoms with Crippen LogP contribution in [0.1, 0.15) is 31.8 Å². The zero-order chi connectivity index (χ0) is 18.0. The molecule has 0 heterocycles. The Bertz CT molecular complexity index is 1190. The molecular formula is C22H10Br2O2. The smallest absolute Gasteiger partial charge is 0.195 e. The van der Waals surface area contributed by atoms with E-state index in [4.69, 9.17) is 0 Å². The second kappa shape index (κ2) is 5.60. The van der Waals surface area contributed by atoms with Crippen LogP contribution in [0.2, 0.25) is 0 Å². The van der Waals surface area contributed by atoms with Gasteiger partial charge in [-0.15, -0.1) is 0 Å². The second-order valence-electron chi connectivity index (χ2n) is 6.37. The van der Waals surface area contributed by atoms with Gasteiger partial charge in [0.15, 0.2) is 11.6 Å². The van der Waals surface area contributed by atoms with E-state index in [1.54, 1.807) is 12.1 Å². The summed E-state index contributed by atoms with van der Waals surface area (Å²) in [5.74, 6) is -0.181. The molecule has 4 aromatic rings. The van der Waals surface area contributed by atoms with Gasteiger partial charge in [-0.2, -0.15) is 0 Å². The Hall–Kier alpha value is -2.30. The highest BCUT2D eigenvalue weighted by Crippen LogP contribution is 2.37. The summed E-state index contributed by atoms with van der Waals surface area (Å²) < 4.78 is 1.88. The third-order valence-corrected chi connectivity index (χ3v) is 5.89. The average molecular weight is 466 g/mol. The summed E-state index contributed by atoms with van der Waals surface area (Å²) in [6, 6.07) is 18.8. The van der Waals surface area contributed by atoms with Crippen molar-refractivity contribution >= 4 is 65.0 Å². The van der Waals surface area contributed by atoms with Crippen LogP contribution < -0.4 is 0 Å². The Morgan fingerprint density at radius 2 is 0.962 bits per heavy atom. The lowest BCUT2D eigenvalue weighted by Crippen LogP contribution is -2.21. The van der Waals surface area contributed by atoms with Crippen LogP contribution in [0, 0.1) is 0 Å². The summed E-state index contributed by atoms with van der Waals surface area (Å²) in [4.78, 5) is 26.6. The molecule has 5 rings (SSSR count). The first kappa shape index (κ1) is 15.9. The highest BCUT2D eigenvalue weighted by molar-refractivity contribution is 9.10. The lowest BCUT2D eigenvalue weighted by Gasteiger charge is -2.21. The van der Waals surface area contributed by atoms with E-state index in [2.05, 4.69) is 31.9 Å². The maximum atomic E-state index is 13.3. The number of fused-ring (bicyclic) bond motifs is 6. The molecule has 26 heavy (non-hydrogen) atoms. The van der Waals surface area contributed by atoms with E-state index < -0.39 is 0 Å². The third-order valence-electron chi connectivity index (χ3n) is 4.91. The SMILES string of the molecule is O=C1c2ccc3cc(Br)ccc3c2C(=O)c2ccc3cc(Br)ccc3c21. The van der Waals surface area contributed by atoms with Crippen molar-refractivity contribution in [2.24, 2.45) is 0 Å². The van der Waals surface area contributed by atoms with Crippen LogP contribution in [0.4, 0.5) is 0 Å². The van der Waals surface area contributed by atoms with Gasteiger partial charge < -0.3 is 0 Å². The molecule has 0 N–H and O–H groups in total. The van der Waals surface area contributed by atoms with Crippen LogP contribution in [0.3, 0.4) is 0 Å². The monoisotopic (exact) mass is 464 g/mol. The van der Waals surface area contributed by atoms with Crippen LogP contribution in [0.5, 0.6) is 0 Å². The molecule has 0 saturated heterocycles. The maximum Gasteiger partial charge on any atom is 0.195 e. The Labute approximate surface area is 166 Å². The fraction of sp³-hybridized carbons (Fsp3) is 0. The minimum absolute atomic E-state index is 0.0904. The molecule has 0 unspecified atom stereocenters. The maximum absolute atomic E-state index is 13.3. The molecule has 0 bridgehead atoms. The molecule has 0 amide bonds. The number of ketones is 2. The quantitative estimate of drug-likeness (QED) is 0.269. The normalized spacial score (nSPS) is 13.2. The predicted octanol–water partition coefficient (Wildman–Crippen LogP) is 6.29. The lowest BCUT2D eigenvalue weighted by atomic mass is 9.80. The third kappa shape index (κ3) is 2.15. The van der Waals surface area contributed by atoms with Crippen molar-refractivity contribution in [1.29, 1.82) is 0 Å². The lowest BCUT2D eigenvalue weighted by molar-refractivity contribution is 0.0981. The standard InChI is InChI=1S/C22H10Br2O2/c23-13-3-7-15-11(9-13)1-5-17-19(15)22(26)18-6-2-12-10-14(24)4-8-16(12)20(18)21(17)25/h1-10H. The fourth-order valence-electron chi connectivity index (χ4n) is 3.74. The van der Waals surface area contributed by atoms with Gasteiger partial charge in [-0.1, -0.05) is 56.1 Å². The van der Waals surface area contributed by atoms with Crippen LogP contribution in [0.25, 0.3) is 21.5 Å². The van der Waals surface area contributed by atoms with Gasteiger partial charge in [0.25, 0.3) is 0 Å². The number of rotatable bonds is 0. The van der Waals surface area contributed by atoms with Crippen molar-refractivity contribution in [1.82, 2.24) is 0 Å². The van der Waals surface area contributed by atoms with E-state index in [-0.39, 0.29) is 11.6 Å². The largest absolute Gasteiger partial charge is 0.289 e. The summed E-state index contributed by atoms with van der Waals surface area (Å²) in [7, 11) is 0. The molecule has 0 fully saturated rings. The molecule has 0 saturated carbocycles. The van der Waals surface area contributed by atoms with E-state index in [0.29, 0.717) is 22.3 Å². The van der Waals surface area contributed by atoms with Crippen LogP contribution >= 0.6 is 31.9 Å². The molecule has 0 spiro atoms. The average Bonchev–Trinajstić information content (AvgIpc) is 2.64. The Kier molecular flexibility index (Phi) is 3.43. The van der Waals surface area contributed by atoms with Crippen molar-refractivity contribution in [3.05, 3.63) is 91.9 Å². The first-order chi connectivity index (χ1) is 12.5. The number of carbonyl (C=O) groups excluding carboxylic acids is 2. The van der Waals surface area contributed by atoms with Crippen molar-refractivity contribution in [2.75, 3.05) is 0 Å². The van der Waals surface area contributed by atoms with Crippen molar-refractivity contribution in [3.8, 4) is 0 Å². The molecule has 2 nitrogen and oxygen atoms in total. The fourth-order valence-corrected chi connectivity index (χ4v) is 4.50. The van der Waals surface area contributed by atoms with Gasteiger partial charge in [-0.05, 0) is 57.9 Å².